The minimum atomic E-state index is -0.787. The molecule has 0 bridgehead atoms. The monoisotopic (exact) mass is 1240 g/mol. The highest BCUT2D eigenvalue weighted by Gasteiger charge is 2.37. The molecule has 89 heavy (non-hydrogen) atoms. The molecule has 0 radical (unpaired) electrons. The third-order valence-corrected chi connectivity index (χ3v) is 16.7. The summed E-state index contributed by atoms with van der Waals surface area (Å²) in [4.78, 5) is 42.4. The van der Waals surface area contributed by atoms with E-state index in [-0.39, 0.29) is 36.3 Å². The number of benzene rings is 3. The lowest BCUT2D eigenvalue weighted by Gasteiger charge is -2.36. The van der Waals surface area contributed by atoms with E-state index in [4.69, 9.17) is 42.6 Å². The molecule has 13 heteroatoms. The second-order valence-electron chi connectivity index (χ2n) is 24.1. The predicted octanol–water partition coefficient (Wildman–Crippen LogP) is 17.4. The van der Waals surface area contributed by atoms with Gasteiger partial charge in [-0.3, -0.25) is 14.4 Å². The number of unbranched alkanes of at least 4 members (excludes halogenated alkanes) is 19. The van der Waals surface area contributed by atoms with Crippen LogP contribution in [0.3, 0.4) is 0 Å². The van der Waals surface area contributed by atoms with Crippen LogP contribution in [0.4, 0.5) is 0 Å². The van der Waals surface area contributed by atoms with Gasteiger partial charge in [-0.05, 0) is 87.3 Å². The molecule has 506 valence electrons. The maximum absolute atomic E-state index is 14.5. The van der Waals surface area contributed by atoms with Crippen LogP contribution in [-0.4, -0.2) is 134 Å². The molecule has 3 aromatic rings. The van der Waals surface area contributed by atoms with Gasteiger partial charge in [-0.2, -0.15) is 0 Å². The van der Waals surface area contributed by atoms with Crippen molar-refractivity contribution in [3.8, 4) is 0 Å². The van der Waals surface area contributed by atoms with Gasteiger partial charge in [0.2, 0.25) is 0 Å². The van der Waals surface area contributed by atoms with Crippen molar-refractivity contribution in [3.05, 3.63) is 108 Å². The summed E-state index contributed by atoms with van der Waals surface area (Å²) in [6.07, 6.45) is 30.4. The van der Waals surface area contributed by atoms with Crippen molar-refractivity contribution in [2.45, 2.75) is 239 Å². The molecule has 1 amide bonds. The Bertz CT molecular complexity index is 1980. The van der Waals surface area contributed by atoms with E-state index >= 15 is 0 Å². The van der Waals surface area contributed by atoms with Gasteiger partial charge in [0.1, 0.15) is 5.60 Å². The summed E-state index contributed by atoms with van der Waals surface area (Å²) in [5, 5.41) is 0. The summed E-state index contributed by atoms with van der Waals surface area (Å²) in [5.41, 5.74) is 2.38. The van der Waals surface area contributed by atoms with Crippen LogP contribution in [0.25, 0.3) is 0 Å². The lowest BCUT2D eigenvalue weighted by molar-refractivity contribution is -0.150. The lowest BCUT2D eigenvalue weighted by atomic mass is 9.80. The van der Waals surface area contributed by atoms with Gasteiger partial charge in [0.15, 0.2) is 6.10 Å². The van der Waals surface area contributed by atoms with Gasteiger partial charge in [0.05, 0.1) is 91.1 Å². The Morgan fingerprint density at radius 1 is 0.348 bits per heavy atom. The number of amides is 1. The van der Waals surface area contributed by atoms with E-state index in [9.17, 15) is 14.4 Å². The number of carbonyl (C=O) groups excluding carboxylic acids is 3. The van der Waals surface area contributed by atoms with Crippen molar-refractivity contribution in [1.82, 2.24) is 4.90 Å². The molecule has 0 N–H and O–H groups in total. The Balaban J connectivity index is 1.45. The van der Waals surface area contributed by atoms with Gasteiger partial charge in [0.25, 0.3) is 5.91 Å². The number of nitrogens with zero attached hydrogens (tertiary/aromatic N) is 1. The second-order valence-corrected chi connectivity index (χ2v) is 24.1. The van der Waals surface area contributed by atoms with Crippen LogP contribution in [0.5, 0.6) is 0 Å². The molecular weight excluding hydrogens is 1120 g/mol. The molecule has 0 aliphatic rings. The normalized spacial score (nSPS) is 12.7. The Morgan fingerprint density at radius 3 is 1.16 bits per heavy atom. The van der Waals surface area contributed by atoms with E-state index in [1.165, 1.54) is 57.8 Å². The predicted molar refractivity (Wildman–Crippen MR) is 361 cm³/mol. The fourth-order valence-corrected chi connectivity index (χ4v) is 11.3. The van der Waals surface area contributed by atoms with E-state index in [2.05, 4.69) is 71.0 Å². The molecule has 0 aromatic heterocycles. The van der Waals surface area contributed by atoms with Crippen molar-refractivity contribution < 1.29 is 57.0 Å². The summed E-state index contributed by atoms with van der Waals surface area (Å²) in [6.45, 7) is 17.9. The van der Waals surface area contributed by atoms with Crippen molar-refractivity contribution in [1.29, 1.82) is 0 Å². The molecule has 0 fully saturated rings. The van der Waals surface area contributed by atoms with Gasteiger partial charge in [-0.25, -0.2) is 0 Å². The van der Waals surface area contributed by atoms with Crippen LogP contribution in [-0.2, 0) is 62.6 Å². The zero-order valence-corrected chi connectivity index (χ0v) is 56.8. The Morgan fingerprint density at radius 2 is 0.708 bits per heavy atom. The number of carbonyl (C=O) groups is 3. The van der Waals surface area contributed by atoms with Crippen LogP contribution in [0, 0.1) is 11.8 Å². The first-order chi connectivity index (χ1) is 43.9. The molecule has 0 spiro atoms. The molecule has 3 rings (SSSR count). The molecule has 3 atom stereocenters. The highest BCUT2D eigenvalue weighted by Crippen LogP contribution is 2.40. The molecule has 3 aromatic carbocycles. The van der Waals surface area contributed by atoms with Crippen molar-refractivity contribution >= 4 is 17.8 Å². The smallest absolute Gasteiger partial charge is 0.308 e. The second kappa shape index (κ2) is 55.4. The number of hydrogen-bond acceptors (Lipinski definition) is 12. The maximum atomic E-state index is 14.5. The highest BCUT2D eigenvalue weighted by atomic mass is 16.6. The molecule has 13 nitrogen and oxygen atoms in total. The first-order valence-corrected chi connectivity index (χ1v) is 35.8. The van der Waals surface area contributed by atoms with E-state index in [0.29, 0.717) is 99.0 Å². The van der Waals surface area contributed by atoms with Gasteiger partial charge in [-0.1, -0.05) is 248 Å². The fourth-order valence-electron chi connectivity index (χ4n) is 11.3. The molecule has 3 unspecified atom stereocenters. The lowest BCUT2D eigenvalue weighted by Crippen LogP contribution is -2.45. The average molecular weight is 1240 g/mol. The Hall–Kier alpha value is -4.21. The van der Waals surface area contributed by atoms with Crippen LogP contribution in [0.15, 0.2) is 91.0 Å². The fraction of sp³-hybridized carbons (Fsp3) is 0.724. The van der Waals surface area contributed by atoms with Gasteiger partial charge >= 0.3 is 11.9 Å². The number of esters is 2. The van der Waals surface area contributed by atoms with Crippen LogP contribution >= 0.6 is 0 Å². The first-order valence-electron chi connectivity index (χ1n) is 35.8. The SMILES string of the molecule is CCCCCCCCN(CCOCCOCCOCCOCCOC(c1ccccc1)(c1ccccc1)c1ccccc1)C(=O)C(COCCCCCCOC(=O)C(CCCC)CCCCCC)OCCCCCCOC(=O)C(CCCC)CCCCCC. The number of ether oxygens (including phenoxy) is 9. The average Bonchev–Trinajstić information content (AvgIpc) is 0.851. The largest absolute Gasteiger partial charge is 0.465 e. The van der Waals surface area contributed by atoms with Crippen molar-refractivity contribution in [2.24, 2.45) is 11.8 Å². The first kappa shape index (κ1) is 79.0. The van der Waals surface area contributed by atoms with E-state index in [0.717, 1.165) is 152 Å². The number of rotatable bonds is 62. The minimum absolute atomic E-state index is 0.00955. The van der Waals surface area contributed by atoms with E-state index in [1.807, 2.05) is 59.5 Å². The van der Waals surface area contributed by atoms with Crippen molar-refractivity contribution in [3.63, 3.8) is 0 Å². The summed E-state index contributed by atoms with van der Waals surface area (Å²) < 4.78 is 54.8. The van der Waals surface area contributed by atoms with E-state index in [1.54, 1.807) is 0 Å². The molecule has 0 aliphatic heterocycles. The summed E-state index contributed by atoms with van der Waals surface area (Å²) in [5.74, 6) is -0.0856. The highest BCUT2D eigenvalue weighted by molar-refractivity contribution is 5.81. The van der Waals surface area contributed by atoms with Crippen LogP contribution in [0.2, 0.25) is 0 Å². The zero-order chi connectivity index (χ0) is 63.8. The van der Waals surface area contributed by atoms with E-state index < -0.39 is 11.7 Å². The van der Waals surface area contributed by atoms with Crippen LogP contribution < -0.4 is 0 Å². The number of hydrogen-bond donors (Lipinski definition) is 0. The summed E-state index contributed by atoms with van der Waals surface area (Å²) in [7, 11) is 0. The third-order valence-electron chi connectivity index (χ3n) is 16.7. The van der Waals surface area contributed by atoms with Gasteiger partial charge in [-0.15, -0.1) is 0 Å². The topological polar surface area (TPSA) is 138 Å². The third kappa shape index (κ3) is 36.6. The standard InChI is InChI=1S/C76H125NO12/c1-6-11-16-19-20-36-51-77(52-57-81-58-59-82-60-61-83-62-63-84-64-65-89-76(69-45-30-25-31-46-69,70-47-32-26-33-48-70)71-49-34-27-35-50-71)73(78)72(86-54-38-23-24-40-56-88-75(80)68(42-15-10-5)44-29-18-13-8-3)66-85-53-37-21-22-39-55-87-74(79)67(41-14-9-4)43-28-17-12-7-2/h25-27,30-35,45-50,67-68,72H,6-24,28-29,36-44,51-66H2,1-5H3. The van der Waals surface area contributed by atoms with Gasteiger partial charge in [0, 0.05) is 26.3 Å². The molecule has 0 saturated carbocycles. The maximum Gasteiger partial charge on any atom is 0.308 e. The van der Waals surface area contributed by atoms with Crippen molar-refractivity contribution in [2.75, 3.05) is 106 Å². The Kier molecular flexibility index (Phi) is 49.2. The van der Waals surface area contributed by atoms with Crippen LogP contribution in [0.1, 0.15) is 244 Å². The summed E-state index contributed by atoms with van der Waals surface area (Å²) in [6, 6.07) is 31.1. The van der Waals surface area contributed by atoms with Gasteiger partial charge < -0.3 is 47.5 Å². The molecular formula is C76H125NO12. The molecule has 0 aliphatic carbocycles. The quantitative estimate of drug-likeness (QED) is 0.0302. The molecule has 0 saturated heterocycles. The zero-order valence-electron chi connectivity index (χ0n) is 56.8. The molecule has 0 heterocycles. The summed E-state index contributed by atoms with van der Waals surface area (Å²) >= 11 is 0. The minimum Gasteiger partial charge on any atom is -0.465 e. The Labute approximate surface area is 541 Å².